The first-order chi connectivity index (χ1) is 13.7. The molecule has 0 saturated carbocycles. The molecule has 0 spiro atoms. The second kappa shape index (κ2) is 9.45. The van der Waals surface area contributed by atoms with Crippen LogP contribution in [0.3, 0.4) is 0 Å². The molecule has 144 valence electrons. The highest BCUT2D eigenvalue weighted by molar-refractivity contribution is 5.92. The van der Waals surface area contributed by atoms with E-state index in [0.29, 0.717) is 17.9 Å². The third kappa shape index (κ3) is 5.26. The Morgan fingerprint density at radius 2 is 1.96 bits per heavy atom. The smallest absolute Gasteiger partial charge is 0.270 e. The van der Waals surface area contributed by atoms with Crippen molar-refractivity contribution in [3.05, 3.63) is 83.6 Å². The molecule has 0 bridgehead atoms. The Bertz CT molecular complexity index is 949. The van der Waals surface area contributed by atoms with E-state index in [-0.39, 0.29) is 24.0 Å². The number of rotatable bonds is 8. The predicted octanol–water partition coefficient (Wildman–Crippen LogP) is 3.21. The summed E-state index contributed by atoms with van der Waals surface area (Å²) < 4.78 is 18.9. The van der Waals surface area contributed by atoms with Crippen molar-refractivity contribution in [2.24, 2.45) is 0 Å². The average molecular weight is 380 g/mol. The van der Waals surface area contributed by atoms with Gasteiger partial charge in [-0.05, 0) is 30.2 Å². The number of nitrogens with one attached hydrogen (secondary N) is 2. The van der Waals surface area contributed by atoms with Gasteiger partial charge in [0.2, 0.25) is 0 Å². The van der Waals surface area contributed by atoms with Crippen LogP contribution in [0.1, 0.15) is 21.6 Å². The van der Waals surface area contributed by atoms with Gasteiger partial charge in [0.05, 0.1) is 7.11 Å². The largest absolute Gasteiger partial charge is 0.497 e. The number of aromatic nitrogens is 2. The van der Waals surface area contributed by atoms with Crippen molar-refractivity contribution < 1.29 is 13.9 Å². The van der Waals surface area contributed by atoms with Gasteiger partial charge in [0.25, 0.3) is 5.91 Å². The van der Waals surface area contributed by atoms with Crippen LogP contribution in [-0.4, -0.2) is 29.5 Å². The zero-order valence-electron chi connectivity index (χ0n) is 15.5. The van der Waals surface area contributed by atoms with Crippen LogP contribution in [0, 0.1) is 5.82 Å². The summed E-state index contributed by atoms with van der Waals surface area (Å²) in [5, 5.41) is 5.84. The van der Waals surface area contributed by atoms with Gasteiger partial charge in [-0.25, -0.2) is 14.4 Å². The van der Waals surface area contributed by atoms with Crippen molar-refractivity contribution in [3.8, 4) is 5.75 Å². The van der Waals surface area contributed by atoms with Gasteiger partial charge in [-0.1, -0.05) is 30.3 Å². The molecule has 3 aromatic rings. The molecule has 7 heteroatoms. The highest BCUT2D eigenvalue weighted by atomic mass is 19.1. The number of hydrogen-bond donors (Lipinski definition) is 2. The number of amides is 1. The first kappa shape index (κ1) is 19.3. The fraction of sp³-hybridized carbons (Fsp3) is 0.190. The van der Waals surface area contributed by atoms with Crippen molar-refractivity contribution in [1.82, 2.24) is 15.3 Å². The van der Waals surface area contributed by atoms with Gasteiger partial charge in [-0.2, -0.15) is 0 Å². The average Bonchev–Trinajstić information content (AvgIpc) is 2.73. The van der Waals surface area contributed by atoms with Crippen molar-refractivity contribution in [3.63, 3.8) is 0 Å². The quantitative estimate of drug-likeness (QED) is 0.628. The summed E-state index contributed by atoms with van der Waals surface area (Å²) in [6, 6.07) is 15.7. The Kier molecular flexibility index (Phi) is 6.51. The van der Waals surface area contributed by atoms with Crippen molar-refractivity contribution in [2.75, 3.05) is 19.0 Å². The number of nitrogens with zero attached hydrogens (tertiary/aromatic N) is 2. The maximum atomic E-state index is 13.6. The number of carbonyl (C=O) groups is 1. The highest BCUT2D eigenvalue weighted by Crippen LogP contribution is 2.13. The molecule has 0 fully saturated rings. The number of hydrogen-bond acceptors (Lipinski definition) is 5. The van der Waals surface area contributed by atoms with E-state index < -0.39 is 0 Å². The lowest BCUT2D eigenvalue weighted by atomic mass is 10.1. The van der Waals surface area contributed by atoms with Crippen molar-refractivity contribution in [2.45, 2.75) is 13.0 Å². The van der Waals surface area contributed by atoms with Crippen LogP contribution in [0.2, 0.25) is 0 Å². The van der Waals surface area contributed by atoms with E-state index in [9.17, 15) is 9.18 Å². The Labute approximate surface area is 162 Å². The number of ether oxygens (including phenoxy) is 1. The van der Waals surface area contributed by atoms with Crippen LogP contribution in [0.4, 0.5) is 10.2 Å². The molecule has 0 radical (unpaired) electrons. The first-order valence-electron chi connectivity index (χ1n) is 8.86. The second-order valence-electron chi connectivity index (χ2n) is 6.09. The zero-order valence-corrected chi connectivity index (χ0v) is 15.5. The minimum Gasteiger partial charge on any atom is -0.497 e. The maximum absolute atomic E-state index is 13.6. The van der Waals surface area contributed by atoms with Gasteiger partial charge in [0.15, 0.2) is 0 Å². The molecule has 0 aliphatic heterocycles. The molecule has 1 amide bonds. The predicted molar refractivity (Wildman–Crippen MR) is 105 cm³/mol. The molecular weight excluding hydrogens is 359 g/mol. The summed E-state index contributed by atoms with van der Waals surface area (Å²) in [4.78, 5) is 20.4. The summed E-state index contributed by atoms with van der Waals surface area (Å²) in [5.41, 5.74) is 1.76. The van der Waals surface area contributed by atoms with Gasteiger partial charge in [-0.15, -0.1) is 0 Å². The Morgan fingerprint density at radius 1 is 1.11 bits per heavy atom. The molecular formula is C21H21FN4O2. The van der Waals surface area contributed by atoms with Gasteiger partial charge < -0.3 is 15.4 Å². The third-order valence-electron chi connectivity index (χ3n) is 4.15. The normalized spacial score (nSPS) is 10.4. The minimum atomic E-state index is -0.388. The Balaban J connectivity index is 1.54. The number of carbonyl (C=O) groups excluding carboxylic acids is 1. The van der Waals surface area contributed by atoms with Gasteiger partial charge >= 0.3 is 0 Å². The number of methoxy groups -OCH3 is 1. The van der Waals surface area contributed by atoms with E-state index in [2.05, 4.69) is 20.6 Å². The monoisotopic (exact) mass is 380 g/mol. The number of anilines is 1. The third-order valence-corrected chi connectivity index (χ3v) is 4.15. The van der Waals surface area contributed by atoms with E-state index in [4.69, 9.17) is 4.74 Å². The van der Waals surface area contributed by atoms with Gasteiger partial charge in [0.1, 0.15) is 29.4 Å². The fourth-order valence-electron chi connectivity index (χ4n) is 2.65. The summed E-state index contributed by atoms with van der Waals surface area (Å²) >= 11 is 0. The molecule has 6 nitrogen and oxygen atoms in total. The Morgan fingerprint density at radius 3 is 2.79 bits per heavy atom. The van der Waals surface area contributed by atoms with Crippen LogP contribution in [0.5, 0.6) is 5.75 Å². The molecule has 3 rings (SSSR count). The number of benzene rings is 2. The number of halogens is 1. The van der Waals surface area contributed by atoms with Crippen LogP contribution in [0.15, 0.2) is 60.9 Å². The molecule has 1 aromatic heterocycles. The molecule has 0 aliphatic rings. The van der Waals surface area contributed by atoms with Crippen LogP contribution >= 0.6 is 0 Å². The zero-order chi connectivity index (χ0) is 19.8. The second-order valence-corrected chi connectivity index (χ2v) is 6.09. The van der Waals surface area contributed by atoms with E-state index in [1.54, 1.807) is 31.4 Å². The molecule has 0 aliphatic carbocycles. The summed E-state index contributed by atoms with van der Waals surface area (Å²) in [6.45, 7) is 0.731. The SMILES string of the molecule is COc1cccc(CCNc2cc(C(=O)NCc3ccccc3F)ncn2)c1. The molecule has 0 saturated heterocycles. The van der Waals surface area contributed by atoms with Crippen molar-refractivity contribution >= 4 is 11.7 Å². The topological polar surface area (TPSA) is 76.1 Å². The lowest BCUT2D eigenvalue weighted by Gasteiger charge is -2.09. The van der Waals surface area contributed by atoms with E-state index in [0.717, 1.165) is 17.7 Å². The van der Waals surface area contributed by atoms with Gasteiger partial charge in [-0.3, -0.25) is 4.79 Å². The van der Waals surface area contributed by atoms with E-state index in [1.807, 2.05) is 24.3 Å². The van der Waals surface area contributed by atoms with Crippen LogP contribution in [-0.2, 0) is 13.0 Å². The molecule has 28 heavy (non-hydrogen) atoms. The van der Waals surface area contributed by atoms with E-state index in [1.165, 1.54) is 12.4 Å². The molecule has 0 atom stereocenters. The summed E-state index contributed by atoms with van der Waals surface area (Å²) in [5.74, 6) is 0.620. The summed E-state index contributed by atoms with van der Waals surface area (Å²) in [7, 11) is 1.64. The molecule has 2 N–H and O–H groups in total. The van der Waals surface area contributed by atoms with Crippen LogP contribution < -0.4 is 15.4 Å². The Hall–Kier alpha value is -3.48. The maximum Gasteiger partial charge on any atom is 0.270 e. The summed E-state index contributed by atoms with van der Waals surface area (Å²) in [6.07, 6.45) is 2.10. The minimum absolute atomic E-state index is 0.0914. The highest BCUT2D eigenvalue weighted by Gasteiger charge is 2.10. The van der Waals surface area contributed by atoms with Gasteiger partial charge in [0, 0.05) is 24.7 Å². The van der Waals surface area contributed by atoms with Crippen molar-refractivity contribution in [1.29, 1.82) is 0 Å². The lowest BCUT2D eigenvalue weighted by molar-refractivity contribution is 0.0945. The molecule has 1 heterocycles. The van der Waals surface area contributed by atoms with Crippen LogP contribution in [0.25, 0.3) is 0 Å². The standard InChI is InChI=1S/C21H21FN4O2/c1-28-17-7-4-5-15(11-17)9-10-23-20-12-19(25-14-26-20)21(27)24-13-16-6-2-3-8-18(16)22/h2-8,11-12,14H,9-10,13H2,1H3,(H,24,27)(H,23,25,26). The molecule has 0 unspecified atom stereocenters. The fourth-order valence-corrected chi connectivity index (χ4v) is 2.65. The van der Waals surface area contributed by atoms with E-state index >= 15 is 0 Å². The molecule has 2 aromatic carbocycles. The first-order valence-corrected chi connectivity index (χ1v) is 8.86. The lowest BCUT2D eigenvalue weighted by Crippen LogP contribution is -2.24.